The van der Waals surface area contributed by atoms with Gasteiger partial charge in [0, 0.05) is 44.8 Å². The summed E-state index contributed by atoms with van der Waals surface area (Å²) in [7, 11) is 1.46. The number of pyridine rings is 1. The van der Waals surface area contributed by atoms with Crippen molar-refractivity contribution in [2.24, 2.45) is 5.92 Å². The maximum absolute atomic E-state index is 15.4. The Labute approximate surface area is 191 Å². The number of nitrogens with zero attached hydrogens (tertiary/aromatic N) is 4. The van der Waals surface area contributed by atoms with Crippen LogP contribution in [0.4, 0.5) is 10.1 Å². The van der Waals surface area contributed by atoms with Crippen molar-refractivity contribution in [3.8, 4) is 11.8 Å². The van der Waals surface area contributed by atoms with Gasteiger partial charge in [-0.1, -0.05) is 6.92 Å². The molecular weight excluding hydrogens is 427 g/mol. The van der Waals surface area contributed by atoms with Gasteiger partial charge in [0.05, 0.1) is 24.1 Å². The Morgan fingerprint density at radius 3 is 2.76 bits per heavy atom. The molecule has 1 atom stereocenters. The predicted octanol–water partition coefficient (Wildman–Crippen LogP) is 3.24. The van der Waals surface area contributed by atoms with E-state index in [0.717, 1.165) is 38.9 Å². The molecule has 4 rings (SSSR count). The molecule has 2 aromatic rings. The summed E-state index contributed by atoms with van der Waals surface area (Å²) in [6.07, 6.45) is 4.48. The molecule has 2 aliphatic rings. The zero-order valence-electron chi connectivity index (χ0n) is 19.0. The number of hydrogen-bond donors (Lipinski definition) is 1. The molecule has 1 aromatic carbocycles. The number of carboxylic acid groups (broad SMARTS) is 1. The summed E-state index contributed by atoms with van der Waals surface area (Å²) >= 11 is 0. The van der Waals surface area contributed by atoms with Gasteiger partial charge in [-0.2, -0.15) is 5.26 Å². The van der Waals surface area contributed by atoms with Gasteiger partial charge in [0.2, 0.25) is 5.43 Å². The van der Waals surface area contributed by atoms with E-state index >= 15 is 4.39 Å². The molecule has 9 heteroatoms. The fourth-order valence-electron chi connectivity index (χ4n) is 4.86. The quantitative estimate of drug-likeness (QED) is 0.618. The van der Waals surface area contributed by atoms with Crippen molar-refractivity contribution >= 4 is 22.6 Å². The fraction of sp³-hybridized carbons (Fsp3) is 0.542. The minimum atomic E-state index is -1.32. The van der Waals surface area contributed by atoms with Crippen LogP contribution in [-0.2, 0) is 0 Å². The maximum atomic E-state index is 15.4. The van der Waals surface area contributed by atoms with E-state index < -0.39 is 17.2 Å². The van der Waals surface area contributed by atoms with Crippen molar-refractivity contribution in [2.75, 3.05) is 44.7 Å². The number of methoxy groups -OCH3 is 1. The molecule has 1 saturated carbocycles. The van der Waals surface area contributed by atoms with E-state index in [2.05, 4.69) is 17.9 Å². The van der Waals surface area contributed by atoms with Crippen LogP contribution in [0.15, 0.2) is 17.1 Å². The molecule has 1 aromatic heterocycles. The van der Waals surface area contributed by atoms with Gasteiger partial charge in [-0.3, -0.25) is 4.79 Å². The number of aromatic carboxylic acids is 1. The Morgan fingerprint density at radius 2 is 2.15 bits per heavy atom. The first-order chi connectivity index (χ1) is 15.9. The highest BCUT2D eigenvalue weighted by molar-refractivity contribution is 5.97. The number of rotatable bonds is 9. The van der Waals surface area contributed by atoms with Crippen LogP contribution in [0.3, 0.4) is 0 Å². The monoisotopic (exact) mass is 456 g/mol. The van der Waals surface area contributed by atoms with Gasteiger partial charge < -0.3 is 24.2 Å². The summed E-state index contributed by atoms with van der Waals surface area (Å²) in [6.45, 7) is 5.77. The average Bonchev–Trinajstić information content (AvgIpc) is 3.54. The second-order valence-electron chi connectivity index (χ2n) is 8.85. The molecule has 1 N–H and O–H groups in total. The molecule has 176 valence electrons. The summed E-state index contributed by atoms with van der Waals surface area (Å²) in [5.74, 6) is -1.30. The van der Waals surface area contributed by atoms with Crippen molar-refractivity contribution in [1.82, 2.24) is 9.47 Å². The molecule has 0 bridgehead atoms. The Hall–Kier alpha value is -3.12. The highest BCUT2D eigenvalue weighted by atomic mass is 19.1. The van der Waals surface area contributed by atoms with E-state index in [-0.39, 0.29) is 22.7 Å². The first-order valence-corrected chi connectivity index (χ1v) is 11.4. The lowest BCUT2D eigenvalue weighted by Gasteiger charge is -2.26. The normalized spacial score (nSPS) is 18.2. The van der Waals surface area contributed by atoms with Gasteiger partial charge in [0.15, 0.2) is 11.6 Å². The number of fused-ring (bicyclic) bond motifs is 1. The minimum Gasteiger partial charge on any atom is -0.492 e. The third-order valence-electron chi connectivity index (χ3n) is 6.68. The van der Waals surface area contributed by atoms with Gasteiger partial charge in [-0.05, 0) is 37.8 Å². The van der Waals surface area contributed by atoms with Crippen LogP contribution in [-0.4, -0.2) is 60.4 Å². The first kappa shape index (κ1) is 23.1. The lowest BCUT2D eigenvalue weighted by Crippen LogP contribution is -2.32. The van der Waals surface area contributed by atoms with Crippen LogP contribution in [0.25, 0.3) is 10.9 Å². The molecule has 0 radical (unpaired) electrons. The second-order valence-corrected chi connectivity index (χ2v) is 8.85. The molecule has 0 spiro atoms. The van der Waals surface area contributed by atoms with Gasteiger partial charge in [0.1, 0.15) is 11.3 Å². The van der Waals surface area contributed by atoms with Gasteiger partial charge >= 0.3 is 5.97 Å². The molecule has 1 aliphatic heterocycles. The maximum Gasteiger partial charge on any atom is 0.341 e. The molecule has 8 nitrogen and oxygen atoms in total. The van der Waals surface area contributed by atoms with E-state index in [0.29, 0.717) is 36.6 Å². The fourth-order valence-corrected chi connectivity index (χ4v) is 4.86. The molecule has 2 heterocycles. The van der Waals surface area contributed by atoms with E-state index in [1.54, 1.807) is 4.57 Å². The number of halogens is 1. The van der Waals surface area contributed by atoms with Crippen LogP contribution in [0.2, 0.25) is 0 Å². The molecule has 2 fully saturated rings. The number of carboxylic acids is 1. The first-order valence-electron chi connectivity index (χ1n) is 11.4. The molecule has 0 amide bonds. The number of ether oxygens (including phenoxy) is 1. The number of aromatic nitrogens is 1. The van der Waals surface area contributed by atoms with E-state index in [1.165, 1.54) is 19.4 Å². The van der Waals surface area contributed by atoms with E-state index in [9.17, 15) is 14.7 Å². The van der Waals surface area contributed by atoms with Crippen molar-refractivity contribution in [1.29, 1.82) is 5.26 Å². The van der Waals surface area contributed by atoms with Crippen LogP contribution >= 0.6 is 0 Å². The summed E-state index contributed by atoms with van der Waals surface area (Å²) in [6, 6.07) is 3.42. The number of nitriles is 1. The lowest BCUT2D eigenvalue weighted by molar-refractivity contribution is 0.0695. The van der Waals surface area contributed by atoms with E-state index in [4.69, 9.17) is 10.00 Å². The van der Waals surface area contributed by atoms with Gasteiger partial charge in [0.25, 0.3) is 0 Å². The van der Waals surface area contributed by atoms with Crippen molar-refractivity contribution in [3.05, 3.63) is 33.9 Å². The molecule has 1 aliphatic carbocycles. The standard InChI is InChI=1S/C24H29FN4O4/c1-3-27(9-4-8-26)12-15-7-10-28(13-15)21-19(25)11-17-20(23(21)33-2)29(16-5-6-16)14-18(22(17)30)24(31)32/h11,14-16H,3-7,9-10,12-13H2,1-2H3,(H,31,32). The van der Waals surface area contributed by atoms with Crippen molar-refractivity contribution in [3.63, 3.8) is 0 Å². The third kappa shape index (κ3) is 4.40. The molecule has 1 unspecified atom stereocenters. The van der Waals surface area contributed by atoms with E-state index in [1.807, 2.05) is 4.90 Å². The topological polar surface area (TPSA) is 98.8 Å². The molecule has 1 saturated heterocycles. The highest BCUT2D eigenvalue weighted by Gasteiger charge is 2.33. The summed E-state index contributed by atoms with van der Waals surface area (Å²) in [5.41, 5.74) is -0.279. The second kappa shape index (κ2) is 9.40. The molecular formula is C24H29FN4O4. The van der Waals surface area contributed by atoms with Gasteiger partial charge in [-0.15, -0.1) is 0 Å². The van der Waals surface area contributed by atoms with Gasteiger partial charge in [-0.25, -0.2) is 9.18 Å². The Morgan fingerprint density at radius 1 is 1.39 bits per heavy atom. The summed E-state index contributed by atoms with van der Waals surface area (Å²) in [4.78, 5) is 28.7. The molecule has 33 heavy (non-hydrogen) atoms. The van der Waals surface area contributed by atoms with Crippen LogP contribution in [0.1, 0.15) is 49.0 Å². The Bertz CT molecular complexity index is 1170. The Kier molecular flexibility index (Phi) is 6.56. The zero-order chi connectivity index (χ0) is 23.7. The Balaban J connectivity index is 1.74. The van der Waals surface area contributed by atoms with Crippen molar-refractivity contribution in [2.45, 2.75) is 38.6 Å². The predicted molar refractivity (Wildman–Crippen MR) is 123 cm³/mol. The summed E-state index contributed by atoms with van der Waals surface area (Å²) in [5, 5.41) is 18.4. The lowest BCUT2D eigenvalue weighted by atomic mass is 10.1. The van der Waals surface area contributed by atoms with Crippen LogP contribution in [0.5, 0.6) is 5.75 Å². The number of carbonyl (C=O) groups is 1. The van der Waals surface area contributed by atoms with Crippen molar-refractivity contribution < 1.29 is 19.0 Å². The number of benzene rings is 1. The zero-order valence-corrected chi connectivity index (χ0v) is 19.0. The number of anilines is 1. The summed E-state index contributed by atoms with van der Waals surface area (Å²) < 4.78 is 22.9. The number of hydrogen-bond acceptors (Lipinski definition) is 6. The average molecular weight is 457 g/mol. The minimum absolute atomic E-state index is 0.0318. The van der Waals surface area contributed by atoms with Crippen LogP contribution in [0, 0.1) is 23.1 Å². The highest BCUT2D eigenvalue weighted by Crippen LogP contribution is 2.44. The third-order valence-corrected chi connectivity index (χ3v) is 6.68. The SMILES string of the molecule is CCN(CCC#N)CC1CCN(c2c(F)cc3c(=O)c(C(=O)O)cn(C4CC4)c3c2OC)C1. The largest absolute Gasteiger partial charge is 0.492 e. The van der Waals surface area contributed by atoms with Crippen LogP contribution < -0.4 is 15.1 Å². The smallest absolute Gasteiger partial charge is 0.341 e.